The molecule has 140 valence electrons. The first kappa shape index (κ1) is 19.1. The Morgan fingerprint density at radius 3 is 1.35 bits per heavy atom. The largest absolute Gasteiger partial charge is 0.308 e. The summed E-state index contributed by atoms with van der Waals surface area (Å²) in [5.41, 5.74) is 8.52. The van der Waals surface area contributed by atoms with Crippen molar-refractivity contribution in [3.8, 4) is 0 Å². The van der Waals surface area contributed by atoms with Gasteiger partial charge in [0.25, 0.3) is 0 Å². The minimum absolute atomic E-state index is 0.562. The molecule has 1 aliphatic carbocycles. The highest BCUT2D eigenvalue weighted by atomic mass is 15.0. The van der Waals surface area contributed by atoms with E-state index in [1.165, 1.54) is 59.1 Å². The quantitative estimate of drug-likeness (QED) is 0.756. The molecule has 0 unspecified atom stereocenters. The fourth-order valence-electron chi connectivity index (χ4n) is 4.34. The van der Waals surface area contributed by atoms with E-state index in [2.05, 4.69) is 74.7 Å². The average molecular weight is 351 g/mol. The highest BCUT2D eigenvalue weighted by molar-refractivity contribution is 5.34. The molecular formula is C24H34N2. The van der Waals surface area contributed by atoms with Crippen molar-refractivity contribution < 1.29 is 0 Å². The topological polar surface area (TPSA) is 24.1 Å². The zero-order valence-electron chi connectivity index (χ0n) is 16.9. The Balaban J connectivity index is 1.63. The molecule has 1 aliphatic rings. The van der Waals surface area contributed by atoms with E-state index >= 15 is 0 Å². The summed E-state index contributed by atoms with van der Waals surface area (Å²) in [6.45, 7) is 10.8. The van der Waals surface area contributed by atoms with Gasteiger partial charge in [-0.05, 0) is 73.9 Å². The summed E-state index contributed by atoms with van der Waals surface area (Å²) in [4.78, 5) is 0. The molecule has 0 bridgehead atoms. The molecule has 2 N–H and O–H groups in total. The lowest BCUT2D eigenvalue weighted by Crippen LogP contribution is -2.49. The third-order valence-corrected chi connectivity index (χ3v) is 6.14. The van der Waals surface area contributed by atoms with E-state index in [0.29, 0.717) is 12.1 Å². The molecule has 1 fully saturated rings. The molecule has 26 heavy (non-hydrogen) atoms. The molecule has 0 spiro atoms. The molecule has 2 aromatic carbocycles. The highest BCUT2D eigenvalue weighted by Gasteiger charge is 2.24. The molecule has 0 saturated heterocycles. The van der Waals surface area contributed by atoms with Gasteiger partial charge in [-0.2, -0.15) is 0 Å². The summed E-state index contributed by atoms with van der Waals surface area (Å²) in [7, 11) is 0. The Morgan fingerprint density at radius 1 is 0.654 bits per heavy atom. The summed E-state index contributed by atoms with van der Waals surface area (Å²) in [5.74, 6) is 0. The van der Waals surface area contributed by atoms with Crippen molar-refractivity contribution in [2.24, 2.45) is 0 Å². The maximum Gasteiger partial charge on any atom is 0.0224 e. The van der Waals surface area contributed by atoms with Crippen molar-refractivity contribution >= 4 is 0 Å². The summed E-state index contributed by atoms with van der Waals surface area (Å²) in [6, 6.07) is 14.3. The van der Waals surface area contributed by atoms with Gasteiger partial charge in [-0.15, -0.1) is 0 Å². The zero-order valence-corrected chi connectivity index (χ0v) is 16.9. The SMILES string of the molecule is Cc1cccc(C)c1CN[C@H]1CCCC[C@@H]1NCc1c(C)cccc1C. The molecule has 0 heterocycles. The standard InChI is InChI=1S/C24H34N2/c1-17-9-7-10-18(2)21(17)15-25-23-13-5-6-14-24(23)26-16-22-19(3)11-8-12-20(22)4/h7-12,23-26H,5-6,13-16H2,1-4H3/t23-,24-/m0/s1. The summed E-state index contributed by atoms with van der Waals surface area (Å²) >= 11 is 0. The van der Waals surface area contributed by atoms with E-state index in [1.54, 1.807) is 0 Å². The van der Waals surface area contributed by atoms with Gasteiger partial charge >= 0.3 is 0 Å². The van der Waals surface area contributed by atoms with Crippen LogP contribution in [0.3, 0.4) is 0 Å². The maximum atomic E-state index is 3.87. The Hall–Kier alpha value is -1.64. The molecule has 2 nitrogen and oxygen atoms in total. The molecule has 2 heteroatoms. The monoisotopic (exact) mass is 350 g/mol. The summed E-state index contributed by atoms with van der Waals surface area (Å²) in [5, 5.41) is 7.75. The molecule has 3 rings (SSSR count). The van der Waals surface area contributed by atoms with E-state index in [-0.39, 0.29) is 0 Å². The third kappa shape index (κ3) is 4.55. The summed E-state index contributed by atoms with van der Waals surface area (Å²) in [6.07, 6.45) is 5.22. The van der Waals surface area contributed by atoms with Crippen LogP contribution in [0.25, 0.3) is 0 Å². The number of nitrogens with one attached hydrogen (secondary N) is 2. The molecule has 0 amide bonds. The lowest BCUT2D eigenvalue weighted by molar-refractivity contribution is 0.280. The molecule has 1 saturated carbocycles. The Bertz CT molecular complexity index is 631. The molecule has 2 atom stereocenters. The van der Waals surface area contributed by atoms with Gasteiger partial charge in [-0.1, -0.05) is 49.2 Å². The Morgan fingerprint density at radius 2 is 1.00 bits per heavy atom. The fourth-order valence-corrected chi connectivity index (χ4v) is 4.34. The highest BCUT2D eigenvalue weighted by Crippen LogP contribution is 2.22. The number of hydrogen-bond acceptors (Lipinski definition) is 2. The minimum Gasteiger partial charge on any atom is -0.308 e. The van der Waals surface area contributed by atoms with Crippen molar-refractivity contribution in [3.63, 3.8) is 0 Å². The molecule has 0 aromatic heterocycles. The van der Waals surface area contributed by atoms with Crippen molar-refractivity contribution in [2.75, 3.05) is 0 Å². The lowest BCUT2D eigenvalue weighted by atomic mass is 9.89. The van der Waals surface area contributed by atoms with Crippen LogP contribution in [0.4, 0.5) is 0 Å². The van der Waals surface area contributed by atoms with E-state index in [4.69, 9.17) is 0 Å². The van der Waals surface area contributed by atoms with E-state index in [9.17, 15) is 0 Å². The van der Waals surface area contributed by atoms with Gasteiger partial charge in [0, 0.05) is 25.2 Å². The fraction of sp³-hybridized carbons (Fsp3) is 0.500. The maximum absolute atomic E-state index is 3.87. The van der Waals surface area contributed by atoms with E-state index in [0.717, 1.165) is 13.1 Å². The zero-order chi connectivity index (χ0) is 18.5. The van der Waals surface area contributed by atoms with Crippen molar-refractivity contribution in [2.45, 2.75) is 78.6 Å². The smallest absolute Gasteiger partial charge is 0.0224 e. The second kappa shape index (κ2) is 8.83. The van der Waals surface area contributed by atoms with Crippen LogP contribution in [0.15, 0.2) is 36.4 Å². The number of hydrogen-bond donors (Lipinski definition) is 2. The van der Waals surface area contributed by atoms with Crippen molar-refractivity contribution in [1.29, 1.82) is 0 Å². The van der Waals surface area contributed by atoms with Crippen LogP contribution >= 0.6 is 0 Å². The lowest BCUT2D eigenvalue weighted by Gasteiger charge is -2.34. The van der Waals surface area contributed by atoms with Crippen LogP contribution in [0.1, 0.15) is 59.1 Å². The predicted octanol–water partition coefficient (Wildman–Crippen LogP) is 5.11. The van der Waals surface area contributed by atoms with E-state index < -0.39 is 0 Å². The van der Waals surface area contributed by atoms with Gasteiger partial charge in [-0.3, -0.25) is 0 Å². The van der Waals surface area contributed by atoms with Crippen LogP contribution in [0.5, 0.6) is 0 Å². The van der Waals surface area contributed by atoms with Gasteiger partial charge in [0.05, 0.1) is 0 Å². The first-order valence-corrected chi connectivity index (χ1v) is 10.1. The molecule has 0 radical (unpaired) electrons. The average Bonchev–Trinajstić information content (AvgIpc) is 2.62. The number of aryl methyl sites for hydroxylation is 4. The minimum atomic E-state index is 0.562. The van der Waals surface area contributed by atoms with Gasteiger partial charge in [0.2, 0.25) is 0 Å². The van der Waals surface area contributed by atoms with Crippen molar-refractivity contribution in [1.82, 2.24) is 10.6 Å². The van der Waals surface area contributed by atoms with Gasteiger partial charge in [0.15, 0.2) is 0 Å². The van der Waals surface area contributed by atoms with Crippen molar-refractivity contribution in [3.05, 3.63) is 69.8 Å². The van der Waals surface area contributed by atoms with Gasteiger partial charge in [-0.25, -0.2) is 0 Å². The second-order valence-corrected chi connectivity index (χ2v) is 8.00. The number of rotatable bonds is 6. The summed E-state index contributed by atoms with van der Waals surface area (Å²) < 4.78 is 0. The van der Waals surface area contributed by atoms with Crippen LogP contribution < -0.4 is 10.6 Å². The first-order chi connectivity index (χ1) is 12.6. The van der Waals surface area contributed by atoms with Crippen LogP contribution in [0.2, 0.25) is 0 Å². The van der Waals surface area contributed by atoms with Crippen LogP contribution in [0, 0.1) is 27.7 Å². The number of benzene rings is 2. The molecule has 0 aliphatic heterocycles. The van der Waals surface area contributed by atoms with E-state index in [1.807, 2.05) is 0 Å². The normalized spacial score (nSPS) is 20.3. The Kier molecular flexibility index (Phi) is 6.50. The molecular weight excluding hydrogens is 316 g/mol. The second-order valence-electron chi connectivity index (χ2n) is 8.00. The first-order valence-electron chi connectivity index (χ1n) is 10.1. The van der Waals surface area contributed by atoms with Crippen LogP contribution in [-0.4, -0.2) is 12.1 Å². The molecule has 2 aromatic rings. The van der Waals surface area contributed by atoms with Crippen LogP contribution in [-0.2, 0) is 13.1 Å². The third-order valence-electron chi connectivity index (χ3n) is 6.14. The predicted molar refractivity (Wildman–Crippen MR) is 112 cm³/mol. The Labute approximate surface area is 159 Å². The van der Waals surface area contributed by atoms with Gasteiger partial charge < -0.3 is 10.6 Å². The van der Waals surface area contributed by atoms with Gasteiger partial charge in [0.1, 0.15) is 0 Å².